The molecule has 0 fully saturated rings. The zero-order valence-electron chi connectivity index (χ0n) is 9.19. The summed E-state index contributed by atoms with van der Waals surface area (Å²) in [6.07, 6.45) is 0. The number of anilines is 1. The summed E-state index contributed by atoms with van der Waals surface area (Å²) in [4.78, 5) is 11.1. The Morgan fingerprint density at radius 2 is 2.00 bits per heavy atom. The molecule has 3 heteroatoms. The Morgan fingerprint density at radius 3 is 2.60 bits per heavy atom. The third kappa shape index (κ3) is 4.49. The van der Waals surface area contributed by atoms with Crippen LogP contribution in [0, 0.1) is 5.92 Å². The molecule has 0 atom stereocenters. The summed E-state index contributed by atoms with van der Waals surface area (Å²) >= 11 is 0. The lowest BCUT2D eigenvalue weighted by molar-refractivity contribution is -0.146. The van der Waals surface area contributed by atoms with Gasteiger partial charge in [-0.1, -0.05) is 32.0 Å². The van der Waals surface area contributed by atoms with Crippen LogP contribution >= 0.6 is 0 Å². The van der Waals surface area contributed by atoms with Gasteiger partial charge in [-0.25, -0.2) is 0 Å². The molecule has 0 heterocycles. The van der Waals surface area contributed by atoms with Crippen molar-refractivity contribution < 1.29 is 9.53 Å². The number of para-hydroxylation sites is 1. The highest BCUT2D eigenvalue weighted by atomic mass is 16.5. The van der Waals surface area contributed by atoms with Gasteiger partial charge in [0.25, 0.3) is 0 Å². The molecule has 15 heavy (non-hydrogen) atoms. The van der Waals surface area contributed by atoms with E-state index in [1.54, 1.807) is 0 Å². The maximum absolute atomic E-state index is 11.1. The SMILES string of the molecule is CC(C)C(=O)OCCNc1ccccc1. The predicted molar refractivity (Wildman–Crippen MR) is 60.7 cm³/mol. The van der Waals surface area contributed by atoms with E-state index in [1.165, 1.54) is 0 Å². The fourth-order valence-electron chi connectivity index (χ4n) is 1.07. The number of ether oxygens (including phenoxy) is 1. The quantitative estimate of drug-likeness (QED) is 0.594. The lowest BCUT2D eigenvalue weighted by Crippen LogP contribution is -2.17. The molecule has 0 bridgehead atoms. The predicted octanol–water partition coefficient (Wildman–Crippen LogP) is 2.30. The molecule has 0 aliphatic heterocycles. The number of rotatable bonds is 5. The van der Waals surface area contributed by atoms with E-state index in [0.717, 1.165) is 5.69 Å². The number of carbonyl (C=O) groups excluding carboxylic acids is 1. The van der Waals surface area contributed by atoms with Gasteiger partial charge in [0.15, 0.2) is 0 Å². The minimum Gasteiger partial charge on any atom is -0.464 e. The van der Waals surface area contributed by atoms with Crippen LogP contribution in [0.1, 0.15) is 13.8 Å². The second kappa shape index (κ2) is 6.06. The topological polar surface area (TPSA) is 38.3 Å². The van der Waals surface area contributed by atoms with Crippen LogP contribution in [-0.2, 0) is 9.53 Å². The molecule has 0 amide bonds. The van der Waals surface area contributed by atoms with Crippen molar-refractivity contribution in [1.82, 2.24) is 0 Å². The van der Waals surface area contributed by atoms with E-state index in [1.807, 2.05) is 44.2 Å². The third-order valence-corrected chi connectivity index (χ3v) is 1.92. The van der Waals surface area contributed by atoms with Gasteiger partial charge in [-0.2, -0.15) is 0 Å². The van der Waals surface area contributed by atoms with Crippen LogP contribution in [0.5, 0.6) is 0 Å². The summed E-state index contributed by atoms with van der Waals surface area (Å²) in [5.74, 6) is -0.202. The van der Waals surface area contributed by atoms with Crippen LogP contribution in [-0.4, -0.2) is 19.1 Å². The van der Waals surface area contributed by atoms with Gasteiger partial charge in [-0.3, -0.25) is 4.79 Å². The van der Waals surface area contributed by atoms with Gasteiger partial charge in [0.05, 0.1) is 5.92 Å². The molecular weight excluding hydrogens is 190 g/mol. The molecule has 1 aromatic rings. The van der Waals surface area contributed by atoms with E-state index >= 15 is 0 Å². The molecule has 3 nitrogen and oxygen atoms in total. The Hall–Kier alpha value is -1.51. The monoisotopic (exact) mass is 207 g/mol. The average molecular weight is 207 g/mol. The summed E-state index contributed by atoms with van der Waals surface area (Å²) in [7, 11) is 0. The molecule has 0 spiro atoms. The Labute approximate surface area is 90.4 Å². The van der Waals surface area contributed by atoms with Crippen molar-refractivity contribution in [3.05, 3.63) is 30.3 Å². The van der Waals surface area contributed by atoms with E-state index in [9.17, 15) is 4.79 Å². The second-order valence-corrected chi connectivity index (χ2v) is 3.61. The van der Waals surface area contributed by atoms with E-state index in [4.69, 9.17) is 4.74 Å². The van der Waals surface area contributed by atoms with Crippen LogP contribution in [0.4, 0.5) is 5.69 Å². The number of hydrogen-bond donors (Lipinski definition) is 1. The smallest absolute Gasteiger partial charge is 0.308 e. The van der Waals surface area contributed by atoms with Crippen molar-refractivity contribution in [2.24, 2.45) is 5.92 Å². The van der Waals surface area contributed by atoms with Gasteiger partial charge < -0.3 is 10.1 Å². The van der Waals surface area contributed by atoms with E-state index in [2.05, 4.69) is 5.32 Å². The Kier molecular flexibility index (Phi) is 4.68. The summed E-state index contributed by atoms with van der Waals surface area (Å²) < 4.78 is 5.02. The molecule has 1 aromatic carbocycles. The Morgan fingerprint density at radius 1 is 1.33 bits per heavy atom. The van der Waals surface area contributed by atoms with Crippen LogP contribution in [0.15, 0.2) is 30.3 Å². The zero-order chi connectivity index (χ0) is 11.1. The highest BCUT2D eigenvalue weighted by Crippen LogP contribution is 2.04. The molecule has 0 unspecified atom stereocenters. The third-order valence-electron chi connectivity index (χ3n) is 1.92. The minimum atomic E-state index is -0.148. The lowest BCUT2D eigenvalue weighted by Gasteiger charge is -2.08. The Balaban J connectivity index is 2.15. The van der Waals surface area contributed by atoms with Gasteiger partial charge in [0.1, 0.15) is 6.61 Å². The van der Waals surface area contributed by atoms with Crippen LogP contribution in [0.3, 0.4) is 0 Å². The molecule has 0 aliphatic carbocycles. The summed E-state index contributed by atoms with van der Waals surface area (Å²) in [5.41, 5.74) is 1.04. The van der Waals surface area contributed by atoms with Crippen molar-refractivity contribution in [1.29, 1.82) is 0 Å². The summed E-state index contributed by atoms with van der Waals surface area (Å²) in [6, 6.07) is 9.84. The van der Waals surface area contributed by atoms with E-state index in [0.29, 0.717) is 13.2 Å². The van der Waals surface area contributed by atoms with Crippen molar-refractivity contribution >= 4 is 11.7 Å². The summed E-state index contributed by atoms with van der Waals surface area (Å²) in [6.45, 7) is 4.70. The first-order valence-corrected chi connectivity index (χ1v) is 5.15. The standard InChI is InChI=1S/C12H17NO2/c1-10(2)12(14)15-9-8-13-11-6-4-3-5-7-11/h3-7,10,13H,8-9H2,1-2H3. The van der Waals surface area contributed by atoms with Crippen LogP contribution < -0.4 is 5.32 Å². The molecule has 82 valence electrons. The van der Waals surface area contributed by atoms with Crippen LogP contribution in [0.2, 0.25) is 0 Å². The molecule has 1 rings (SSSR count). The van der Waals surface area contributed by atoms with Crippen molar-refractivity contribution in [2.45, 2.75) is 13.8 Å². The molecule has 0 saturated heterocycles. The molecule has 0 aromatic heterocycles. The summed E-state index contributed by atoms with van der Waals surface area (Å²) in [5, 5.41) is 3.16. The van der Waals surface area contributed by atoms with Gasteiger partial charge in [-0.05, 0) is 12.1 Å². The largest absolute Gasteiger partial charge is 0.464 e. The average Bonchev–Trinajstić information content (AvgIpc) is 2.25. The lowest BCUT2D eigenvalue weighted by atomic mass is 10.2. The van der Waals surface area contributed by atoms with Crippen molar-refractivity contribution in [2.75, 3.05) is 18.5 Å². The zero-order valence-corrected chi connectivity index (χ0v) is 9.19. The van der Waals surface area contributed by atoms with Gasteiger partial charge in [0, 0.05) is 12.2 Å². The van der Waals surface area contributed by atoms with Crippen molar-refractivity contribution in [3.8, 4) is 0 Å². The number of nitrogens with one attached hydrogen (secondary N) is 1. The number of hydrogen-bond acceptors (Lipinski definition) is 3. The highest BCUT2D eigenvalue weighted by molar-refractivity contribution is 5.71. The van der Waals surface area contributed by atoms with Gasteiger partial charge in [-0.15, -0.1) is 0 Å². The molecule has 0 radical (unpaired) electrons. The highest BCUT2D eigenvalue weighted by Gasteiger charge is 2.06. The molecule has 0 saturated carbocycles. The van der Waals surface area contributed by atoms with Gasteiger partial charge >= 0.3 is 5.97 Å². The normalized spacial score (nSPS) is 10.1. The molecule has 1 N–H and O–H groups in total. The van der Waals surface area contributed by atoms with E-state index < -0.39 is 0 Å². The van der Waals surface area contributed by atoms with E-state index in [-0.39, 0.29) is 11.9 Å². The first-order valence-electron chi connectivity index (χ1n) is 5.15. The minimum absolute atomic E-state index is 0.0540. The van der Waals surface area contributed by atoms with Gasteiger partial charge in [0.2, 0.25) is 0 Å². The maximum atomic E-state index is 11.1. The fraction of sp³-hybridized carbons (Fsp3) is 0.417. The maximum Gasteiger partial charge on any atom is 0.308 e. The number of esters is 1. The fourth-order valence-corrected chi connectivity index (χ4v) is 1.07. The molecular formula is C12H17NO2. The first-order chi connectivity index (χ1) is 7.20. The molecule has 0 aliphatic rings. The first kappa shape index (κ1) is 11.6. The second-order valence-electron chi connectivity index (χ2n) is 3.61. The number of carbonyl (C=O) groups is 1. The Bertz CT molecular complexity index is 296. The van der Waals surface area contributed by atoms with Crippen LogP contribution in [0.25, 0.3) is 0 Å². The van der Waals surface area contributed by atoms with Crippen molar-refractivity contribution in [3.63, 3.8) is 0 Å². The number of benzene rings is 1.